The van der Waals surface area contributed by atoms with Gasteiger partial charge in [0.25, 0.3) is 0 Å². The molecule has 0 saturated carbocycles. The maximum absolute atomic E-state index is 4.40. The maximum atomic E-state index is 4.40. The van der Waals surface area contributed by atoms with Crippen LogP contribution in [0, 0.1) is 23.2 Å². The predicted octanol–water partition coefficient (Wildman–Crippen LogP) is 5.13. The van der Waals surface area contributed by atoms with Gasteiger partial charge in [0.1, 0.15) is 0 Å². The van der Waals surface area contributed by atoms with Gasteiger partial charge in [-0.3, -0.25) is 0 Å². The standard InChI is InChI=1S/C15H17.3CH3.Sn/c1-5-14(15(2,3)4)12-11-13-9-7-6-8-10-13;;;;/h6-10,14H,1H2,2-4H3;3*1H3;. The molecule has 1 heteroatoms. The first-order valence-corrected chi connectivity index (χ1v) is 16.9. The van der Waals surface area contributed by atoms with Crippen molar-refractivity contribution in [2.24, 2.45) is 11.3 Å². The van der Waals surface area contributed by atoms with Crippen LogP contribution in [0.4, 0.5) is 0 Å². The fourth-order valence-corrected chi connectivity index (χ4v) is 5.85. The molecule has 0 heterocycles. The second-order valence-corrected chi connectivity index (χ2v) is 21.9. The number of allylic oxidation sites excluding steroid dienone is 1. The van der Waals surface area contributed by atoms with Crippen molar-refractivity contribution in [1.82, 2.24) is 0 Å². The Hall–Kier alpha value is -0.681. The molecule has 0 aliphatic heterocycles. The van der Waals surface area contributed by atoms with Crippen LogP contribution in [0.3, 0.4) is 0 Å². The van der Waals surface area contributed by atoms with E-state index in [9.17, 15) is 0 Å². The quantitative estimate of drug-likeness (QED) is 0.506. The molecule has 0 amide bonds. The summed E-state index contributed by atoms with van der Waals surface area (Å²) >= 11 is -2.11. The van der Waals surface area contributed by atoms with Crippen molar-refractivity contribution in [1.29, 1.82) is 0 Å². The van der Waals surface area contributed by atoms with Crippen molar-refractivity contribution in [2.75, 3.05) is 0 Å². The molecular weight excluding hydrogens is 335 g/mol. The Bertz CT molecular complexity index is 486. The Morgan fingerprint density at radius 1 is 1.11 bits per heavy atom. The van der Waals surface area contributed by atoms with Gasteiger partial charge in [0, 0.05) is 0 Å². The van der Waals surface area contributed by atoms with Crippen molar-refractivity contribution in [3.63, 3.8) is 0 Å². The van der Waals surface area contributed by atoms with Crippen molar-refractivity contribution < 1.29 is 0 Å². The molecule has 0 N–H and O–H groups in total. The molecule has 102 valence electrons. The van der Waals surface area contributed by atoms with E-state index in [1.807, 2.05) is 18.2 Å². The van der Waals surface area contributed by atoms with Gasteiger partial charge in [-0.15, -0.1) is 0 Å². The summed E-state index contributed by atoms with van der Waals surface area (Å²) in [6.07, 6.45) is 0. The van der Waals surface area contributed by atoms with Crippen molar-refractivity contribution in [3.05, 3.63) is 46.1 Å². The first-order chi connectivity index (χ1) is 8.62. The number of rotatable bonds is 2. The summed E-state index contributed by atoms with van der Waals surface area (Å²) in [5, 5.41) is 0. The predicted molar refractivity (Wildman–Crippen MR) is 88.8 cm³/mol. The molecule has 0 radical (unpaired) electrons. The van der Waals surface area contributed by atoms with Crippen LogP contribution in [0.15, 0.2) is 40.5 Å². The van der Waals surface area contributed by atoms with E-state index in [1.54, 1.807) is 0 Å². The topological polar surface area (TPSA) is 0 Å². The second-order valence-electron chi connectivity index (χ2n) is 7.21. The molecule has 1 atom stereocenters. The van der Waals surface area contributed by atoms with Crippen LogP contribution < -0.4 is 0 Å². The normalized spacial score (nSPS) is 13.4. The van der Waals surface area contributed by atoms with E-state index in [-0.39, 0.29) is 5.41 Å². The van der Waals surface area contributed by atoms with Crippen LogP contribution in [0.2, 0.25) is 14.8 Å². The summed E-state index contributed by atoms with van der Waals surface area (Å²) in [6, 6.07) is 10.2. The second kappa shape index (κ2) is 6.18. The Morgan fingerprint density at radius 2 is 1.63 bits per heavy atom. The van der Waals surface area contributed by atoms with Gasteiger partial charge in [-0.25, -0.2) is 0 Å². The zero-order valence-corrected chi connectivity index (χ0v) is 16.0. The summed E-state index contributed by atoms with van der Waals surface area (Å²) in [4.78, 5) is 7.25. The summed E-state index contributed by atoms with van der Waals surface area (Å²) in [5.41, 5.74) is 1.25. The number of hydrogen-bond acceptors (Lipinski definition) is 0. The average molecular weight is 361 g/mol. The monoisotopic (exact) mass is 362 g/mol. The van der Waals surface area contributed by atoms with E-state index in [2.05, 4.69) is 66.1 Å². The Kier molecular flexibility index (Phi) is 5.33. The molecule has 0 aliphatic carbocycles. The first-order valence-electron chi connectivity index (χ1n) is 6.88. The summed E-state index contributed by atoms with van der Waals surface area (Å²) in [6.45, 7) is 11.2. The van der Waals surface area contributed by atoms with E-state index in [0.29, 0.717) is 5.92 Å². The number of hydrogen-bond donors (Lipinski definition) is 0. The molecule has 0 spiro atoms. The molecule has 0 saturated heterocycles. The van der Waals surface area contributed by atoms with E-state index in [0.717, 1.165) is 5.56 Å². The molecule has 1 rings (SSSR count). The third-order valence-corrected chi connectivity index (χ3v) is 9.64. The average Bonchev–Trinajstić information content (AvgIpc) is 2.27. The van der Waals surface area contributed by atoms with Gasteiger partial charge in [-0.2, -0.15) is 0 Å². The van der Waals surface area contributed by atoms with E-state index < -0.39 is 18.4 Å². The fourth-order valence-electron chi connectivity index (χ4n) is 1.94. The van der Waals surface area contributed by atoms with Gasteiger partial charge in [0.05, 0.1) is 0 Å². The molecule has 0 fully saturated rings. The Balaban J connectivity index is 3.09. The van der Waals surface area contributed by atoms with Crippen molar-refractivity contribution in [2.45, 2.75) is 35.6 Å². The van der Waals surface area contributed by atoms with Gasteiger partial charge in [0.2, 0.25) is 0 Å². The van der Waals surface area contributed by atoms with E-state index in [1.165, 1.54) is 3.59 Å². The van der Waals surface area contributed by atoms with Gasteiger partial charge in [-0.1, -0.05) is 0 Å². The molecule has 1 aromatic rings. The molecule has 19 heavy (non-hydrogen) atoms. The minimum absolute atomic E-state index is 0.156. The van der Waals surface area contributed by atoms with Gasteiger partial charge < -0.3 is 0 Å². The SMILES string of the molecule is C=[C](C(C#Cc1ccccc1)C(C)(C)C)[Sn]([CH3])([CH3])[CH3]. The van der Waals surface area contributed by atoms with Crippen LogP contribution in [-0.4, -0.2) is 18.4 Å². The molecule has 0 aromatic heterocycles. The summed E-state index contributed by atoms with van der Waals surface area (Å²) in [5.74, 6) is 7.11. The summed E-state index contributed by atoms with van der Waals surface area (Å²) in [7, 11) is 0. The molecular formula is C18H26Sn. The van der Waals surface area contributed by atoms with E-state index in [4.69, 9.17) is 0 Å². The van der Waals surface area contributed by atoms with Crippen molar-refractivity contribution >= 4 is 18.4 Å². The first kappa shape index (κ1) is 16.4. The molecule has 1 unspecified atom stereocenters. The van der Waals surface area contributed by atoms with Crippen LogP contribution >= 0.6 is 0 Å². The van der Waals surface area contributed by atoms with Crippen LogP contribution in [0.25, 0.3) is 0 Å². The zero-order chi connectivity index (χ0) is 14.7. The molecule has 0 aliphatic rings. The van der Waals surface area contributed by atoms with Gasteiger partial charge in [0.15, 0.2) is 0 Å². The zero-order valence-electron chi connectivity index (χ0n) is 13.2. The van der Waals surface area contributed by atoms with Crippen LogP contribution in [0.1, 0.15) is 26.3 Å². The van der Waals surface area contributed by atoms with Gasteiger partial charge >= 0.3 is 123 Å². The molecule has 0 nitrogen and oxygen atoms in total. The molecule has 0 bridgehead atoms. The third-order valence-electron chi connectivity index (χ3n) is 3.31. The van der Waals surface area contributed by atoms with Crippen LogP contribution in [0.5, 0.6) is 0 Å². The number of benzene rings is 1. The molecule has 1 aromatic carbocycles. The fraction of sp³-hybridized carbons (Fsp3) is 0.444. The van der Waals surface area contributed by atoms with Crippen LogP contribution in [-0.2, 0) is 0 Å². The third kappa shape index (κ3) is 5.07. The Labute approximate surface area is 123 Å². The summed E-state index contributed by atoms with van der Waals surface area (Å²) < 4.78 is 1.42. The van der Waals surface area contributed by atoms with Gasteiger partial charge in [-0.05, 0) is 0 Å². The van der Waals surface area contributed by atoms with Crippen molar-refractivity contribution in [3.8, 4) is 11.8 Å². The Morgan fingerprint density at radius 3 is 2.05 bits per heavy atom. The van der Waals surface area contributed by atoms with E-state index >= 15 is 0 Å². The minimum atomic E-state index is -2.11.